The first-order chi connectivity index (χ1) is 9.42. The zero-order valence-corrected chi connectivity index (χ0v) is 13.1. The number of fused-ring (bicyclic) bond motifs is 1. The molecule has 1 heterocycles. The van der Waals surface area contributed by atoms with Gasteiger partial charge in [0, 0.05) is 25.7 Å². The molecule has 1 atom stereocenters. The second kappa shape index (κ2) is 6.22. The number of nitrogens with zero attached hydrogens (tertiary/aromatic N) is 1. The predicted octanol–water partition coefficient (Wildman–Crippen LogP) is 1.05. The Bertz CT molecular complexity index is 557. The molecule has 20 heavy (non-hydrogen) atoms. The molecule has 0 saturated heterocycles. The van der Waals surface area contributed by atoms with Crippen molar-refractivity contribution in [3.63, 3.8) is 0 Å². The maximum atomic E-state index is 12.1. The summed E-state index contributed by atoms with van der Waals surface area (Å²) in [4.78, 5) is 0. The van der Waals surface area contributed by atoms with Gasteiger partial charge in [-0.05, 0) is 37.9 Å². The minimum Gasteiger partial charge on any atom is -0.308 e. The highest BCUT2D eigenvalue weighted by Gasteiger charge is 2.24. The molecule has 5 nitrogen and oxygen atoms in total. The minimum atomic E-state index is -3.42. The van der Waals surface area contributed by atoms with Gasteiger partial charge in [-0.3, -0.25) is 0 Å². The number of hydrogen-bond acceptors (Lipinski definition) is 3. The zero-order valence-electron chi connectivity index (χ0n) is 12.3. The van der Waals surface area contributed by atoms with E-state index in [0.717, 1.165) is 13.0 Å². The molecule has 0 radical (unpaired) electrons. The molecule has 1 unspecified atom stereocenters. The first-order valence-electron chi connectivity index (χ1n) is 6.95. The molecule has 0 fully saturated rings. The second-order valence-electron chi connectivity index (χ2n) is 5.42. The lowest BCUT2D eigenvalue weighted by molar-refractivity contribution is 0.396. The van der Waals surface area contributed by atoms with Crippen LogP contribution in [0.3, 0.4) is 0 Å². The van der Waals surface area contributed by atoms with Crippen molar-refractivity contribution in [3.05, 3.63) is 35.4 Å². The molecule has 1 aliphatic rings. The van der Waals surface area contributed by atoms with Crippen LogP contribution < -0.4 is 10.0 Å². The van der Waals surface area contributed by atoms with Crippen LogP contribution in [0.1, 0.15) is 31.0 Å². The molecular weight excluding hydrogens is 274 g/mol. The largest absolute Gasteiger partial charge is 0.308 e. The monoisotopic (exact) mass is 297 g/mol. The van der Waals surface area contributed by atoms with E-state index in [-0.39, 0.29) is 12.1 Å². The maximum Gasteiger partial charge on any atom is 0.279 e. The summed E-state index contributed by atoms with van der Waals surface area (Å²) in [6, 6.07) is 8.17. The molecule has 0 saturated carbocycles. The van der Waals surface area contributed by atoms with Crippen LogP contribution in [0.25, 0.3) is 0 Å². The highest BCUT2D eigenvalue weighted by Crippen LogP contribution is 2.22. The van der Waals surface area contributed by atoms with E-state index in [1.54, 1.807) is 7.05 Å². The van der Waals surface area contributed by atoms with Gasteiger partial charge in [0.15, 0.2) is 0 Å². The highest BCUT2D eigenvalue weighted by atomic mass is 32.2. The summed E-state index contributed by atoms with van der Waals surface area (Å²) in [7, 11) is -1.83. The fraction of sp³-hybridized carbons (Fsp3) is 0.571. The van der Waals surface area contributed by atoms with Crippen molar-refractivity contribution >= 4 is 10.2 Å². The molecule has 0 aromatic heterocycles. The van der Waals surface area contributed by atoms with E-state index in [9.17, 15) is 8.42 Å². The Kier molecular flexibility index (Phi) is 4.80. The second-order valence-corrected chi connectivity index (χ2v) is 7.23. The van der Waals surface area contributed by atoms with Gasteiger partial charge in [0.1, 0.15) is 0 Å². The van der Waals surface area contributed by atoms with Crippen molar-refractivity contribution in [1.29, 1.82) is 0 Å². The first kappa shape index (κ1) is 15.4. The van der Waals surface area contributed by atoms with E-state index in [2.05, 4.69) is 22.2 Å². The summed E-state index contributed by atoms with van der Waals surface area (Å²) in [6.45, 7) is 4.96. The van der Waals surface area contributed by atoms with Crippen LogP contribution in [0.15, 0.2) is 24.3 Å². The van der Waals surface area contributed by atoms with Gasteiger partial charge in [-0.1, -0.05) is 24.3 Å². The van der Waals surface area contributed by atoms with Crippen LogP contribution in [0.4, 0.5) is 0 Å². The predicted molar refractivity (Wildman–Crippen MR) is 80.7 cm³/mol. The van der Waals surface area contributed by atoms with Gasteiger partial charge in [-0.15, -0.1) is 0 Å². The van der Waals surface area contributed by atoms with Crippen molar-refractivity contribution in [2.24, 2.45) is 0 Å². The van der Waals surface area contributed by atoms with Gasteiger partial charge in [0.25, 0.3) is 10.2 Å². The quantitative estimate of drug-likeness (QED) is 0.854. The molecule has 1 aliphatic heterocycles. The molecule has 2 rings (SSSR count). The maximum absolute atomic E-state index is 12.1. The molecule has 0 aliphatic carbocycles. The fourth-order valence-corrected chi connectivity index (χ4v) is 3.48. The number of rotatable bonds is 5. The Morgan fingerprint density at radius 1 is 1.40 bits per heavy atom. The Balaban J connectivity index is 2.06. The summed E-state index contributed by atoms with van der Waals surface area (Å²) in [5.41, 5.74) is 2.49. The lowest BCUT2D eigenvalue weighted by Crippen LogP contribution is -2.45. The average Bonchev–Trinajstić information content (AvgIpc) is 2.44. The molecule has 6 heteroatoms. The third-order valence-corrected chi connectivity index (χ3v) is 5.50. The summed E-state index contributed by atoms with van der Waals surface area (Å²) in [6.07, 6.45) is 0.991. The number of nitrogens with one attached hydrogen (secondary N) is 2. The van der Waals surface area contributed by atoms with Crippen molar-refractivity contribution in [2.45, 2.75) is 32.4 Å². The minimum absolute atomic E-state index is 0.0373. The zero-order chi connectivity index (χ0) is 14.8. The van der Waals surface area contributed by atoms with E-state index in [4.69, 9.17) is 0 Å². The van der Waals surface area contributed by atoms with Crippen molar-refractivity contribution < 1.29 is 8.42 Å². The Morgan fingerprint density at radius 2 is 2.10 bits per heavy atom. The van der Waals surface area contributed by atoms with Crippen molar-refractivity contribution in [1.82, 2.24) is 14.3 Å². The van der Waals surface area contributed by atoms with E-state index < -0.39 is 10.2 Å². The van der Waals surface area contributed by atoms with Crippen LogP contribution in [0, 0.1) is 0 Å². The molecule has 2 N–H and O–H groups in total. The van der Waals surface area contributed by atoms with E-state index >= 15 is 0 Å². The SMILES string of the molecule is CC(C)N(C)S(=O)(=O)NCC1NCCc2ccccc21. The molecule has 1 aromatic carbocycles. The van der Waals surface area contributed by atoms with Crippen LogP contribution in [-0.2, 0) is 16.6 Å². The number of hydrogen-bond donors (Lipinski definition) is 2. The summed E-state index contributed by atoms with van der Waals surface area (Å²) < 4.78 is 28.3. The Labute approximate surface area is 121 Å². The van der Waals surface area contributed by atoms with Gasteiger partial charge in [-0.2, -0.15) is 12.7 Å². The average molecular weight is 297 g/mol. The summed E-state index contributed by atoms with van der Waals surface area (Å²) >= 11 is 0. The lowest BCUT2D eigenvalue weighted by atomic mass is 9.95. The van der Waals surface area contributed by atoms with Gasteiger partial charge < -0.3 is 5.32 Å². The molecular formula is C14H23N3O2S. The van der Waals surface area contributed by atoms with Gasteiger partial charge in [-0.25, -0.2) is 4.72 Å². The number of benzene rings is 1. The third-order valence-electron chi connectivity index (χ3n) is 3.79. The van der Waals surface area contributed by atoms with Crippen LogP contribution in [-0.4, -0.2) is 38.9 Å². The van der Waals surface area contributed by atoms with Crippen molar-refractivity contribution in [2.75, 3.05) is 20.1 Å². The van der Waals surface area contributed by atoms with E-state index in [1.807, 2.05) is 26.0 Å². The molecule has 0 bridgehead atoms. The fourth-order valence-electron chi connectivity index (χ4n) is 2.34. The normalized spacial score (nSPS) is 19.4. The topological polar surface area (TPSA) is 61.4 Å². The van der Waals surface area contributed by atoms with Crippen LogP contribution >= 0.6 is 0 Å². The van der Waals surface area contributed by atoms with Crippen molar-refractivity contribution in [3.8, 4) is 0 Å². The first-order valence-corrected chi connectivity index (χ1v) is 8.39. The molecule has 0 amide bonds. The Hall–Kier alpha value is -0.950. The molecule has 0 spiro atoms. The van der Waals surface area contributed by atoms with E-state index in [0.29, 0.717) is 6.54 Å². The van der Waals surface area contributed by atoms with Gasteiger partial charge in [0.2, 0.25) is 0 Å². The summed E-state index contributed by atoms with van der Waals surface area (Å²) in [5.74, 6) is 0. The standard InChI is InChI=1S/C14H23N3O2S/c1-11(2)17(3)20(18,19)16-10-14-13-7-5-4-6-12(13)8-9-15-14/h4-7,11,14-16H,8-10H2,1-3H3. The smallest absolute Gasteiger partial charge is 0.279 e. The molecule has 112 valence electrons. The Morgan fingerprint density at radius 3 is 2.80 bits per heavy atom. The molecule has 1 aromatic rings. The lowest BCUT2D eigenvalue weighted by Gasteiger charge is -2.28. The van der Waals surface area contributed by atoms with E-state index in [1.165, 1.54) is 15.4 Å². The van der Waals surface area contributed by atoms with Gasteiger partial charge >= 0.3 is 0 Å². The highest BCUT2D eigenvalue weighted by molar-refractivity contribution is 7.87. The summed E-state index contributed by atoms with van der Waals surface area (Å²) in [5, 5.41) is 3.37. The van der Waals surface area contributed by atoms with Gasteiger partial charge in [0.05, 0.1) is 0 Å². The third kappa shape index (κ3) is 3.38. The van der Waals surface area contributed by atoms with Crippen LogP contribution in [0.2, 0.25) is 0 Å². The van der Waals surface area contributed by atoms with Crippen LogP contribution in [0.5, 0.6) is 0 Å².